The molecule has 1 saturated carbocycles. The lowest BCUT2D eigenvalue weighted by atomic mass is 9.75. The minimum atomic E-state index is 0.143. The lowest BCUT2D eigenvalue weighted by Crippen LogP contribution is -2.47. The van der Waals surface area contributed by atoms with Crippen molar-refractivity contribution in [1.82, 2.24) is 5.32 Å². The van der Waals surface area contributed by atoms with E-state index in [0.29, 0.717) is 6.04 Å². The molecule has 3 nitrogen and oxygen atoms in total. The van der Waals surface area contributed by atoms with E-state index in [4.69, 9.17) is 9.47 Å². The largest absolute Gasteiger partial charge is 0.383 e. The van der Waals surface area contributed by atoms with Gasteiger partial charge in [-0.2, -0.15) is 0 Å². The van der Waals surface area contributed by atoms with Gasteiger partial charge in [-0.25, -0.2) is 0 Å². The number of nitrogens with one attached hydrogen (secondary N) is 1. The maximum absolute atomic E-state index is 5.64. The third kappa shape index (κ3) is 3.74. The van der Waals surface area contributed by atoms with Crippen LogP contribution < -0.4 is 5.32 Å². The highest BCUT2D eigenvalue weighted by Gasteiger charge is 2.38. The molecule has 0 aromatic heterocycles. The number of hydrogen-bond acceptors (Lipinski definition) is 3. The Bertz CT molecular complexity index is 163. The van der Waals surface area contributed by atoms with Crippen LogP contribution in [0.5, 0.6) is 0 Å². The molecule has 0 aromatic rings. The summed E-state index contributed by atoms with van der Waals surface area (Å²) in [6.45, 7) is 4.03. The molecular formula is C12H25NO2. The Morgan fingerprint density at radius 1 is 1.33 bits per heavy atom. The molecule has 0 amide bonds. The predicted molar refractivity (Wildman–Crippen MR) is 62.2 cm³/mol. The van der Waals surface area contributed by atoms with Gasteiger partial charge in [0.05, 0.1) is 12.2 Å². The first-order valence-electron chi connectivity index (χ1n) is 6.04. The average Bonchev–Trinajstić information content (AvgIpc) is 2.20. The minimum absolute atomic E-state index is 0.143. The molecule has 0 spiro atoms. The smallest absolute Gasteiger partial charge is 0.0694 e. The second kappa shape index (κ2) is 6.46. The first kappa shape index (κ1) is 12.9. The molecule has 15 heavy (non-hydrogen) atoms. The van der Waals surface area contributed by atoms with E-state index in [9.17, 15) is 0 Å². The number of rotatable bonds is 8. The van der Waals surface area contributed by atoms with Gasteiger partial charge in [-0.3, -0.25) is 0 Å². The van der Waals surface area contributed by atoms with Crippen LogP contribution >= 0.6 is 0 Å². The van der Waals surface area contributed by atoms with Crippen molar-refractivity contribution in [3.63, 3.8) is 0 Å². The second-order valence-electron chi connectivity index (χ2n) is 4.55. The van der Waals surface area contributed by atoms with Gasteiger partial charge in [-0.05, 0) is 38.6 Å². The van der Waals surface area contributed by atoms with E-state index in [1.54, 1.807) is 7.11 Å². The summed E-state index contributed by atoms with van der Waals surface area (Å²) >= 11 is 0. The van der Waals surface area contributed by atoms with E-state index in [-0.39, 0.29) is 5.60 Å². The topological polar surface area (TPSA) is 30.5 Å². The summed E-state index contributed by atoms with van der Waals surface area (Å²) in [5, 5.41) is 3.52. The Morgan fingerprint density at radius 3 is 2.47 bits per heavy atom. The third-order valence-electron chi connectivity index (χ3n) is 3.37. The molecule has 1 fully saturated rings. The molecule has 1 unspecified atom stereocenters. The zero-order valence-electron chi connectivity index (χ0n) is 10.3. The fourth-order valence-electron chi connectivity index (χ4n) is 2.25. The maximum Gasteiger partial charge on any atom is 0.0694 e. The van der Waals surface area contributed by atoms with Crippen LogP contribution in [0.25, 0.3) is 0 Å². The number of methoxy groups -OCH3 is 2. The first-order chi connectivity index (χ1) is 7.26. The van der Waals surface area contributed by atoms with Crippen molar-refractivity contribution < 1.29 is 9.47 Å². The van der Waals surface area contributed by atoms with Gasteiger partial charge in [0, 0.05) is 20.3 Å². The summed E-state index contributed by atoms with van der Waals surface area (Å²) in [5.41, 5.74) is 0.143. The lowest BCUT2D eigenvalue weighted by molar-refractivity contribution is -0.0871. The standard InChI is InChI=1S/C12H25NO2/c1-4-8-13-11(10-14-2)9-12(15-3)6-5-7-12/h11,13H,4-10H2,1-3H3. The quantitative estimate of drug-likeness (QED) is 0.671. The van der Waals surface area contributed by atoms with Crippen LogP contribution in [0.3, 0.4) is 0 Å². The molecule has 1 aliphatic rings. The maximum atomic E-state index is 5.64. The summed E-state index contributed by atoms with van der Waals surface area (Å²) in [4.78, 5) is 0. The van der Waals surface area contributed by atoms with Crippen molar-refractivity contribution in [3.8, 4) is 0 Å². The highest BCUT2D eigenvalue weighted by atomic mass is 16.5. The molecule has 0 saturated heterocycles. The number of hydrogen-bond donors (Lipinski definition) is 1. The van der Waals surface area contributed by atoms with E-state index in [1.807, 2.05) is 7.11 Å². The third-order valence-corrected chi connectivity index (χ3v) is 3.37. The molecule has 1 N–H and O–H groups in total. The average molecular weight is 215 g/mol. The normalized spacial score (nSPS) is 21.0. The summed E-state index contributed by atoms with van der Waals surface area (Å²) in [6.07, 6.45) is 5.97. The number of ether oxygens (including phenoxy) is 2. The van der Waals surface area contributed by atoms with Gasteiger partial charge in [0.15, 0.2) is 0 Å². The van der Waals surface area contributed by atoms with Crippen LogP contribution in [0.1, 0.15) is 39.0 Å². The van der Waals surface area contributed by atoms with Crippen LogP contribution in [-0.2, 0) is 9.47 Å². The Hall–Kier alpha value is -0.120. The first-order valence-corrected chi connectivity index (χ1v) is 6.04. The van der Waals surface area contributed by atoms with Crippen molar-refractivity contribution in [3.05, 3.63) is 0 Å². The van der Waals surface area contributed by atoms with Crippen molar-refractivity contribution >= 4 is 0 Å². The molecule has 1 rings (SSSR count). The Labute approximate surface area is 93.5 Å². The molecule has 0 heterocycles. The van der Waals surface area contributed by atoms with Crippen LogP contribution in [0, 0.1) is 0 Å². The van der Waals surface area contributed by atoms with Crippen LogP contribution in [-0.4, -0.2) is 39.0 Å². The molecule has 1 atom stereocenters. The minimum Gasteiger partial charge on any atom is -0.383 e. The summed E-state index contributed by atoms with van der Waals surface area (Å²) < 4.78 is 10.9. The highest BCUT2D eigenvalue weighted by Crippen LogP contribution is 2.38. The summed E-state index contributed by atoms with van der Waals surface area (Å²) in [5.74, 6) is 0. The van der Waals surface area contributed by atoms with Gasteiger partial charge >= 0.3 is 0 Å². The fourth-order valence-corrected chi connectivity index (χ4v) is 2.25. The zero-order valence-corrected chi connectivity index (χ0v) is 10.3. The fraction of sp³-hybridized carbons (Fsp3) is 1.00. The van der Waals surface area contributed by atoms with E-state index >= 15 is 0 Å². The molecule has 0 aromatic carbocycles. The Morgan fingerprint density at radius 2 is 2.07 bits per heavy atom. The van der Waals surface area contributed by atoms with Crippen molar-refractivity contribution in [2.24, 2.45) is 0 Å². The van der Waals surface area contributed by atoms with Gasteiger partial charge in [0.1, 0.15) is 0 Å². The van der Waals surface area contributed by atoms with Crippen molar-refractivity contribution in [2.75, 3.05) is 27.4 Å². The highest BCUT2D eigenvalue weighted by molar-refractivity contribution is 4.93. The van der Waals surface area contributed by atoms with Crippen LogP contribution in [0.4, 0.5) is 0 Å². The molecule has 0 aliphatic heterocycles. The predicted octanol–water partition coefficient (Wildman–Crippen LogP) is 1.96. The monoisotopic (exact) mass is 215 g/mol. The molecular weight excluding hydrogens is 190 g/mol. The second-order valence-corrected chi connectivity index (χ2v) is 4.55. The van der Waals surface area contributed by atoms with Gasteiger partial charge in [-0.15, -0.1) is 0 Å². The van der Waals surface area contributed by atoms with Gasteiger partial charge in [-0.1, -0.05) is 6.92 Å². The van der Waals surface area contributed by atoms with E-state index < -0.39 is 0 Å². The lowest BCUT2D eigenvalue weighted by Gasteiger charge is -2.42. The summed E-state index contributed by atoms with van der Waals surface area (Å²) in [7, 11) is 3.60. The van der Waals surface area contributed by atoms with Gasteiger partial charge < -0.3 is 14.8 Å². The molecule has 0 radical (unpaired) electrons. The molecule has 1 aliphatic carbocycles. The SMILES string of the molecule is CCCNC(COC)CC1(OC)CCC1. The molecule has 90 valence electrons. The van der Waals surface area contributed by atoms with Gasteiger partial charge in [0.25, 0.3) is 0 Å². The Kier molecular flexibility index (Phi) is 5.58. The van der Waals surface area contributed by atoms with Gasteiger partial charge in [0.2, 0.25) is 0 Å². The Balaban J connectivity index is 2.34. The van der Waals surface area contributed by atoms with E-state index in [1.165, 1.54) is 25.7 Å². The van der Waals surface area contributed by atoms with Crippen molar-refractivity contribution in [2.45, 2.75) is 50.7 Å². The van der Waals surface area contributed by atoms with E-state index in [0.717, 1.165) is 19.6 Å². The zero-order chi connectivity index (χ0) is 11.1. The van der Waals surface area contributed by atoms with Crippen LogP contribution in [0.15, 0.2) is 0 Å². The molecule has 3 heteroatoms. The van der Waals surface area contributed by atoms with Crippen LogP contribution in [0.2, 0.25) is 0 Å². The van der Waals surface area contributed by atoms with E-state index in [2.05, 4.69) is 12.2 Å². The summed E-state index contributed by atoms with van der Waals surface area (Å²) in [6, 6.07) is 0.440. The molecule has 0 bridgehead atoms. The van der Waals surface area contributed by atoms with Crippen molar-refractivity contribution in [1.29, 1.82) is 0 Å².